The van der Waals surface area contributed by atoms with Crippen molar-refractivity contribution in [2.75, 3.05) is 19.7 Å². The van der Waals surface area contributed by atoms with Crippen LogP contribution in [0.5, 0.6) is 0 Å². The van der Waals surface area contributed by atoms with E-state index in [0.717, 1.165) is 11.1 Å². The molecule has 0 unspecified atom stereocenters. The quantitative estimate of drug-likeness (QED) is 0.609. The number of aryl methyl sites for hydroxylation is 1. The molecule has 156 valence electrons. The van der Waals surface area contributed by atoms with Crippen molar-refractivity contribution >= 4 is 5.91 Å². The highest BCUT2D eigenvalue weighted by Crippen LogP contribution is 2.35. The van der Waals surface area contributed by atoms with Gasteiger partial charge in [0.2, 0.25) is 0 Å². The Morgan fingerprint density at radius 1 is 1.17 bits per heavy atom. The van der Waals surface area contributed by atoms with Gasteiger partial charge in [0, 0.05) is 29.8 Å². The fourth-order valence-electron chi connectivity index (χ4n) is 4.36. The van der Waals surface area contributed by atoms with Crippen LogP contribution in [-0.2, 0) is 6.42 Å². The Morgan fingerprint density at radius 3 is 2.50 bits per heavy atom. The second-order valence-corrected chi connectivity index (χ2v) is 8.15. The maximum Gasteiger partial charge on any atom is 0.257 e. The summed E-state index contributed by atoms with van der Waals surface area (Å²) in [5, 5.41) is 28.4. The summed E-state index contributed by atoms with van der Waals surface area (Å²) < 4.78 is 0. The molecule has 1 aliphatic heterocycles. The van der Waals surface area contributed by atoms with Gasteiger partial charge in [0.15, 0.2) is 0 Å². The molecule has 30 heavy (non-hydrogen) atoms. The zero-order valence-corrected chi connectivity index (χ0v) is 17.1. The number of hydrogen-bond acceptors (Lipinski definition) is 4. The van der Waals surface area contributed by atoms with E-state index in [1.54, 1.807) is 4.90 Å². The maximum atomic E-state index is 13.5. The summed E-state index contributed by atoms with van der Waals surface area (Å²) in [5.74, 6) is -0.127. The standard InChI is InChI=1S/C24H27N3O3/c1-17-21(22(26-25-17)19-10-6-3-7-11-19)23(30)27-13-12-20(29)24(15-27,16-28)14-18-8-4-2-5-9-18/h2-11,20,28-29H,12-16H2,1H3,(H,25,26)/t20-,24+/m1/s1. The summed E-state index contributed by atoms with van der Waals surface area (Å²) in [4.78, 5) is 15.3. The molecule has 0 saturated carbocycles. The third-order valence-corrected chi connectivity index (χ3v) is 6.09. The van der Waals surface area contributed by atoms with Crippen LogP contribution >= 0.6 is 0 Å². The maximum absolute atomic E-state index is 13.5. The minimum absolute atomic E-state index is 0.127. The largest absolute Gasteiger partial charge is 0.396 e. The minimum atomic E-state index is -0.792. The molecule has 0 aliphatic carbocycles. The normalized spacial score (nSPS) is 21.6. The van der Waals surface area contributed by atoms with E-state index in [0.29, 0.717) is 36.3 Å². The number of hydrogen-bond donors (Lipinski definition) is 3. The van der Waals surface area contributed by atoms with Crippen LogP contribution in [0.25, 0.3) is 11.3 Å². The monoisotopic (exact) mass is 405 g/mol. The first-order valence-corrected chi connectivity index (χ1v) is 10.3. The van der Waals surface area contributed by atoms with Crippen LogP contribution < -0.4 is 0 Å². The van der Waals surface area contributed by atoms with E-state index in [4.69, 9.17) is 0 Å². The summed E-state index contributed by atoms with van der Waals surface area (Å²) in [6.07, 6.45) is 0.257. The summed E-state index contributed by atoms with van der Waals surface area (Å²) in [5.41, 5.74) is 3.00. The van der Waals surface area contributed by atoms with Crippen LogP contribution in [0.2, 0.25) is 0 Å². The van der Waals surface area contributed by atoms with Crippen LogP contribution in [0, 0.1) is 12.3 Å². The van der Waals surface area contributed by atoms with E-state index in [9.17, 15) is 15.0 Å². The number of aliphatic hydroxyl groups excluding tert-OH is 2. The first kappa shape index (κ1) is 20.3. The molecule has 6 nitrogen and oxygen atoms in total. The Balaban J connectivity index is 1.64. The molecule has 1 fully saturated rings. The zero-order chi connectivity index (χ0) is 21.1. The Labute approximate surface area is 176 Å². The predicted octanol–water partition coefficient (Wildman–Crippen LogP) is 2.81. The van der Waals surface area contributed by atoms with Gasteiger partial charge in [-0.1, -0.05) is 60.7 Å². The molecule has 6 heteroatoms. The summed E-state index contributed by atoms with van der Waals surface area (Å²) >= 11 is 0. The molecule has 0 spiro atoms. The molecule has 2 aromatic carbocycles. The lowest BCUT2D eigenvalue weighted by molar-refractivity contribution is -0.0668. The number of aromatic nitrogens is 2. The van der Waals surface area contributed by atoms with E-state index in [2.05, 4.69) is 10.2 Å². The van der Waals surface area contributed by atoms with Gasteiger partial charge in [0.25, 0.3) is 5.91 Å². The number of aliphatic hydroxyl groups is 2. The number of H-pyrrole nitrogens is 1. The Bertz CT molecular complexity index is 1000. The van der Waals surface area contributed by atoms with Crippen molar-refractivity contribution in [3.63, 3.8) is 0 Å². The molecule has 1 saturated heterocycles. The fourth-order valence-corrected chi connectivity index (χ4v) is 4.36. The molecule has 3 N–H and O–H groups in total. The average Bonchev–Trinajstić information content (AvgIpc) is 3.17. The van der Waals surface area contributed by atoms with Crippen molar-refractivity contribution < 1.29 is 15.0 Å². The SMILES string of the molecule is Cc1[nH]nc(-c2ccccc2)c1C(=O)N1CC[C@@H](O)[C@@](CO)(Cc2ccccc2)C1. The second kappa shape index (κ2) is 8.42. The Kier molecular flexibility index (Phi) is 5.70. The van der Waals surface area contributed by atoms with Crippen molar-refractivity contribution in [1.82, 2.24) is 15.1 Å². The van der Waals surface area contributed by atoms with E-state index in [-0.39, 0.29) is 19.1 Å². The Hall–Kier alpha value is -2.96. The van der Waals surface area contributed by atoms with Gasteiger partial charge in [-0.3, -0.25) is 9.89 Å². The van der Waals surface area contributed by atoms with Crippen molar-refractivity contribution in [3.8, 4) is 11.3 Å². The molecule has 0 radical (unpaired) electrons. The second-order valence-electron chi connectivity index (χ2n) is 8.15. The van der Waals surface area contributed by atoms with Gasteiger partial charge >= 0.3 is 0 Å². The van der Waals surface area contributed by atoms with Crippen molar-refractivity contribution in [2.24, 2.45) is 5.41 Å². The highest BCUT2D eigenvalue weighted by atomic mass is 16.3. The molecule has 1 aromatic heterocycles. The molecule has 1 amide bonds. The average molecular weight is 405 g/mol. The van der Waals surface area contributed by atoms with Crippen LogP contribution in [-0.4, -0.2) is 57.0 Å². The van der Waals surface area contributed by atoms with E-state index >= 15 is 0 Å². The Morgan fingerprint density at radius 2 is 1.83 bits per heavy atom. The first-order chi connectivity index (χ1) is 14.5. The molecule has 1 aliphatic rings. The van der Waals surface area contributed by atoms with Gasteiger partial charge in [0.05, 0.1) is 18.3 Å². The van der Waals surface area contributed by atoms with Crippen LogP contribution in [0.15, 0.2) is 60.7 Å². The number of benzene rings is 2. The molecule has 0 bridgehead atoms. The summed E-state index contributed by atoms with van der Waals surface area (Å²) in [6, 6.07) is 19.4. The number of carbonyl (C=O) groups is 1. The highest BCUT2D eigenvalue weighted by Gasteiger charge is 2.44. The summed E-state index contributed by atoms with van der Waals surface area (Å²) in [6.45, 7) is 2.38. The van der Waals surface area contributed by atoms with Crippen LogP contribution in [0.1, 0.15) is 28.0 Å². The minimum Gasteiger partial charge on any atom is -0.396 e. The van der Waals surface area contributed by atoms with E-state index < -0.39 is 11.5 Å². The number of piperidine rings is 1. The lowest BCUT2D eigenvalue weighted by Gasteiger charge is -2.45. The third kappa shape index (κ3) is 3.76. The lowest BCUT2D eigenvalue weighted by Crippen LogP contribution is -2.56. The zero-order valence-electron chi connectivity index (χ0n) is 17.1. The van der Waals surface area contributed by atoms with E-state index in [1.165, 1.54) is 0 Å². The van der Waals surface area contributed by atoms with Crippen LogP contribution in [0.4, 0.5) is 0 Å². The smallest absolute Gasteiger partial charge is 0.257 e. The number of nitrogens with one attached hydrogen (secondary N) is 1. The molecule has 2 atom stereocenters. The van der Waals surface area contributed by atoms with Gasteiger partial charge in [-0.05, 0) is 25.3 Å². The number of rotatable bonds is 5. The number of carbonyl (C=O) groups excluding carboxylic acids is 1. The molecular weight excluding hydrogens is 378 g/mol. The van der Waals surface area contributed by atoms with Gasteiger partial charge in [-0.15, -0.1) is 0 Å². The van der Waals surface area contributed by atoms with Crippen molar-refractivity contribution in [3.05, 3.63) is 77.5 Å². The lowest BCUT2D eigenvalue weighted by atomic mass is 9.73. The topological polar surface area (TPSA) is 89.5 Å². The third-order valence-electron chi connectivity index (χ3n) is 6.09. The molecule has 2 heterocycles. The van der Waals surface area contributed by atoms with E-state index in [1.807, 2.05) is 67.6 Å². The summed E-state index contributed by atoms with van der Waals surface area (Å²) in [7, 11) is 0. The molecule has 4 rings (SSSR count). The van der Waals surface area contributed by atoms with Gasteiger partial charge in [0.1, 0.15) is 5.69 Å². The van der Waals surface area contributed by atoms with Gasteiger partial charge in [-0.2, -0.15) is 5.10 Å². The van der Waals surface area contributed by atoms with Crippen molar-refractivity contribution in [1.29, 1.82) is 0 Å². The number of amides is 1. The van der Waals surface area contributed by atoms with Gasteiger partial charge in [-0.25, -0.2) is 0 Å². The van der Waals surface area contributed by atoms with Crippen molar-refractivity contribution in [2.45, 2.75) is 25.9 Å². The number of likely N-dealkylation sites (tertiary alicyclic amines) is 1. The molecular formula is C24H27N3O3. The predicted molar refractivity (Wildman–Crippen MR) is 115 cm³/mol. The van der Waals surface area contributed by atoms with Gasteiger partial charge < -0.3 is 15.1 Å². The first-order valence-electron chi connectivity index (χ1n) is 10.3. The number of aromatic amines is 1. The highest BCUT2D eigenvalue weighted by molar-refractivity contribution is 6.01. The number of nitrogens with zero attached hydrogens (tertiary/aromatic N) is 2. The van der Waals surface area contributed by atoms with Crippen LogP contribution in [0.3, 0.4) is 0 Å². The fraction of sp³-hybridized carbons (Fsp3) is 0.333. The molecule has 3 aromatic rings.